The molecule has 0 saturated heterocycles. The fourth-order valence-electron chi connectivity index (χ4n) is 2.39. The van der Waals surface area contributed by atoms with E-state index in [1.807, 2.05) is 6.92 Å². The van der Waals surface area contributed by atoms with Crippen LogP contribution in [0.5, 0.6) is 0 Å². The fourth-order valence-corrected chi connectivity index (χ4v) is 2.39. The Bertz CT molecular complexity index is 473. The van der Waals surface area contributed by atoms with Gasteiger partial charge in [0.2, 0.25) is 5.91 Å². The largest absolute Gasteiger partial charge is 0.481 e. The highest BCUT2D eigenvalue weighted by Gasteiger charge is 2.37. The first-order chi connectivity index (χ1) is 9.08. The highest BCUT2D eigenvalue weighted by molar-refractivity contribution is 5.85. The molecule has 1 aliphatic rings. The molecule has 1 fully saturated rings. The van der Waals surface area contributed by atoms with E-state index in [-0.39, 0.29) is 12.5 Å². The number of aliphatic carboxylic acids is 1. The molecule has 1 aromatic heterocycles. The van der Waals surface area contributed by atoms with Crippen molar-refractivity contribution in [3.05, 3.63) is 23.8 Å². The van der Waals surface area contributed by atoms with Gasteiger partial charge in [-0.2, -0.15) is 0 Å². The number of aromatic nitrogens is 2. The van der Waals surface area contributed by atoms with E-state index in [1.54, 1.807) is 12.4 Å². The summed E-state index contributed by atoms with van der Waals surface area (Å²) in [7, 11) is 0. The number of amides is 1. The number of hydrogen-bond donors (Lipinski definition) is 2. The van der Waals surface area contributed by atoms with Gasteiger partial charge in [0, 0.05) is 6.20 Å². The summed E-state index contributed by atoms with van der Waals surface area (Å²) in [5.41, 5.74) is 1.49. The minimum Gasteiger partial charge on any atom is -0.481 e. The first-order valence-electron chi connectivity index (χ1n) is 6.36. The van der Waals surface area contributed by atoms with Crippen molar-refractivity contribution in [3.8, 4) is 0 Å². The molecule has 2 unspecified atom stereocenters. The molecule has 1 heterocycles. The van der Waals surface area contributed by atoms with Crippen molar-refractivity contribution in [3.63, 3.8) is 0 Å². The number of rotatable bonds is 4. The molecular weight excluding hydrogens is 246 g/mol. The summed E-state index contributed by atoms with van der Waals surface area (Å²) in [6.45, 7) is 2.13. The molecule has 0 radical (unpaired) electrons. The van der Waals surface area contributed by atoms with Crippen molar-refractivity contribution in [2.75, 3.05) is 0 Å². The molecule has 1 aromatic rings. The van der Waals surface area contributed by atoms with Gasteiger partial charge < -0.3 is 10.4 Å². The third kappa shape index (κ3) is 3.27. The Labute approximate surface area is 111 Å². The number of aryl methyl sites for hydroxylation is 1. The Morgan fingerprint density at radius 2 is 2.05 bits per heavy atom. The summed E-state index contributed by atoms with van der Waals surface area (Å²) in [6, 6.07) is 0. The maximum atomic E-state index is 12.0. The zero-order valence-electron chi connectivity index (χ0n) is 10.8. The van der Waals surface area contributed by atoms with Crippen LogP contribution < -0.4 is 5.32 Å². The zero-order chi connectivity index (χ0) is 13.8. The van der Waals surface area contributed by atoms with Crippen LogP contribution in [0.15, 0.2) is 12.4 Å². The quantitative estimate of drug-likeness (QED) is 0.842. The molecule has 102 valence electrons. The number of nitrogens with one attached hydrogen (secondary N) is 1. The van der Waals surface area contributed by atoms with E-state index in [4.69, 9.17) is 5.11 Å². The van der Waals surface area contributed by atoms with Gasteiger partial charge in [-0.3, -0.25) is 19.6 Å². The Morgan fingerprint density at radius 1 is 1.32 bits per heavy atom. The lowest BCUT2D eigenvalue weighted by molar-refractivity contribution is -0.146. The lowest BCUT2D eigenvalue weighted by Crippen LogP contribution is -2.35. The Morgan fingerprint density at radius 3 is 2.68 bits per heavy atom. The van der Waals surface area contributed by atoms with Crippen molar-refractivity contribution >= 4 is 11.9 Å². The summed E-state index contributed by atoms with van der Waals surface area (Å²) in [5, 5.41) is 11.8. The molecule has 6 nitrogen and oxygen atoms in total. The predicted octanol–water partition coefficient (Wildman–Crippen LogP) is 0.902. The molecule has 1 aliphatic carbocycles. The standard InChI is InChI=1S/C13H17N3O3/c1-8-5-15-9(6-14-8)7-16-12(17)10-3-2-4-11(10)13(18)19/h5-6,10-11H,2-4,7H2,1H3,(H,16,17)(H,18,19). The molecule has 1 saturated carbocycles. The minimum absolute atomic E-state index is 0.202. The van der Waals surface area contributed by atoms with E-state index < -0.39 is 17.8 Å². The summed E-state index contributed by atoms with van der Waals surface area (Å²) >= 11 is 0. The number of carbonyl (C=O) groups is 2. The molecular formula is C13H17N3O3. The average Bonchev–Trinajstić information content (AvgIpc) is 2.87. The van der Waals surface area contributed by atoms with Crippen LogP contribution in [0.1, 0.15) is 30.7 Å². The van der Waals surface area contributed by atoms with Gasteiger partial charge in [-0.25, -0.2) is 0 Å². The van der Waals surface area contributed by atoms with Crippen LogP contribution in [0, 0.1) is 18.8 Å². The number of hydrogen-bond acceptors (Lipinski definition) is 4. The van der Waals surface area contributed by atoms with E-state index >= 15 is 0 Å². The van der Waals surface area contributed by atoms with Gasteiger partial charge in [0.25, 0.3) is 0 Å². The molecule has 0 aromatic carbocycles. The number of carbonyl (C=O) groups excluding carboxylic acids is 1. The van der Waals surface area contributed by atoms with Crippen LogP contribution in [-0.2, 0) is 16.1 Å². The molecule has 0 aliphatic heterocycles. The lowest BCUT2D eigenvalue weighted by atomic mass is 9.95. The van der Waals surface area contributed by atoms with Crippen LogP contribution in [0.3, 0.4) is 0 Å². The summed E-state index contributed by atoms with van der Waals surface area (Å²) in [5.74, 6) is -2.06. The van der Waals surface area contributed by atoms with Crippen LogP contribution in [0.2, 0.25) is 0 Å². The topological polar surface area (TPSA) is 92.2 Å². The maximum absolute atomic E-state index is 12.0. The number of nitrogens with zero attached hydrogens (tertiary/aromatic N) is 2. The van der Waals surface area contributed by atoms with Gasteiger partial charge in [-0.1, -0.05) is 6.42 Å². The molecule has 19 heavy (non-hydrogen) atoms. The molecule has 6 heteroatoms. The van der Waals surface area contributed by atoms with Gasteiger partial charge in [0.1, 0.15) is 0 Å². The number of carboxylic acid groups (broad SMARTS) is 1. The van der Waals surface area contributed by atoms with Crippen LogP contribution >= 0.6 is 0 Å². The van der Waals surface area contributed by atoms with Crippen molar-refractivity contribution in [2.45, 2.75) is 32.7 Å². The molecule has 2 atom stereocenters. The van der Waals surface area contributed by atoms with Crippen LogP contribution in [0.4, 0.5) is 0 Å². The summed E-state index contributed by atoms with van der Waals surface area (Å²) in [4.78, 5) is 31.2. The van der Waals surface area contributed by atoms with Crippen molar-refractivity contribution in [1.82, 2.24) is 15.3 Å². The Balaban J connectivity index is 1.90. The Kier molecular flexibility index (Phi) is 4.09. The van der Waals surface area contributed by atoms with Crippen molar-refractivity contribution in [1.29, 1.82) is 0 Å². The highest BCUT2D eigenvalue weighted by atomic mass is 16.4. The van der Waals surface area contributed by atoms with Gasteiger partial charge >= 0.3 is 5.97 Å². The third-order valence-electron chi connectivity index (χ3n) is 3.45. The zero-order valence-corrected chi connectivity index (χ0v) is 10.8. The normalized spacial score (nSPS) is 22.2. The summed E-state index contributed by atoms with van der Waals surface area (Å²) < 4.78 is 0. The van der Waals surface area contributed by atoms with Crippen LogP contribution in [-0.4, -0.2) is 27.0 Å². The van der Waals surface area contributed by atoms with Crippen molar-refractivity contribution < 1.29 is 14.7 Å². The van der Waals surface area contributed by atoms with E-state index in [2.05, 4.69) is 15.3 Å². The fraction of sp³-hybridized carbons (Fsp3) is 0.538. The van der Waals surface area contributed by atoms with Gasteiger partial charge in [0.05, 0.1) is 36.0 Å². The first kappa shape index (κ1) is 13.5. The third-order valence-corrected chi connectivity index (χ3v) is 3.45. The number of carboxylic acids is 1. The maximum Gasteiger partial charge on any atom is 0.307 e. The van der Waals surface area contributed by atoms with Gasteiger partial charge in [-0.05, 0) is 19.8 Å². The van der Waals surface area contributed by atoms with Crippen LogP contribution in [0.25, 0.3) is 0 Å². The smallest absolute Gasteiger partial charge is 0.307 e. The van der Waals surface area contributed by atoms with E-state index in [0.717, 1.165) is 12.1 Å². The molecule has 2 N–H and O–H groups in total. The second kappa shape index (κ2) is 5.77. The average molecular weight is 263 g/mol. The van der Waals surface area contributed by atoms with Crippen molar-refractivity contribution in [2.24, 2.45) is 11.8 Å². The molecule has 2 rings (SSSR count). The molecule has 1 amide bonds. The highest BCUT2D eigenvalue weighted by Crippen LogP contribution is 2.32. The van der Waals surface area contributed by atoms with E-state index in [1.165, 1.54) is 0 Å². The second-order valence-corrected chi connectivity index (χ2v) is 4.85. The lowest BCUT2D eigenvalue weighted by Gasteiger charge is -2.15. The van der Waals surface area contributed by atoms with Gasteiger partial charge in [-0.15, -0.1) is 0 Å². The van der Waals surface area contributed by atoms with E-state index in [0.29, 0.717) is 18.5 Å². The van der Waals surface area contributed by atoms with Gasteiger partial charge in [0.15, 0.2) is 0 Å². The SMILES string of the molecule is Cc1cnc(CNC(=O)C2CCCC2C(=O)O)cn1. The molecule has 0 spiro atoms. The summed E-state index contributed by atoms with van der Waals surface area (Å²) in [6.07, 6.45) is 5.26. The monoisotopic (exact) mass is 263 g/mol. The van der Waals surface area contributed by atoms with E-state index in [9.17, 15) is 9.59 Å². The first-order valence-corrected chi connectivity index (χ1v) is 6.36. The predicted molar refractivity (Wildman–Crippen MR) is 67.1 cm³/mol. The Hall–Kier alpha value is -1.98. The molecule has 0 bridgehead atoms. The minimum atomic E-state index is -0.882. The second-order valence-electron chi connectivity index (χ2n) is 4.85.